The van der Waals surface area contributed by atoms with Crippen LogP contribution in [0.2, 0.25) is 0 Å². The van der Waals surface area contributed by atoms with Gasteiger partial charge in [-0.1, -0.05) is 12.1 Å². The number of hydrogen-bond acceptors (Lipinski definition) is 4. The molecule has 0 unspecified atom stereocenters. The van der Waals surface area contributed by atoms with E-state index in [2.05, 4.69) is 14.7 Å². The van der Waals surface area contributed by atoms with Gasteiger partial charge in [-0.3, -0.25) is 9.59 Å². The van der Waals surface area contributed by atoms with Crippen LogP contribution in [0.3, 0.4) is 0 Å². The predicted molar refractivity (Wildman–Crippen MR) is 90.4 cm³/mol. The number of benzene rings is 2. The van der Waals surface area contributed by atoms with E-state index in [1.54, 1.807) is 19.1 Å². The lowest BCUT2D eigenvalue weighted by Crippen LogP contribution is -2.29. The summed E-state index contributed by atoms with van der Waals surface area (Å²) < 4.78 is 40.7. The van der Waals surface area contributed by atoms with Crippen LogP contribution < -0.4 is 15.8 Å². The quantitative estimate of drug-likeness (QED) is 0.604. The predicted octanol–water partition coefficient (Wildman–Crippen LogP) is 1.14. The largest absolute Gasteiger partial charge is 0.316 e. The molecule has 9 heteroatoms. The van der Waals surface area contributed by atoms with E-state index >= 15 is 0 Å². The summed E-state index contributed by atoms with van der Waals surface area (Å²) in [6.45, 7) is 1.53. The summed E-state index contributed by atoms with van der Waals surface area (Å²) in [6, 6.07) is 8.38. The van der Waals surface area contributed by atoms with Crippen LogP contribution in [0.25, 0.3) is 11.0 Å². The van der Waals surface area contributed by atoms with Gasteiger partial charge < -0.3 is 9.97 Å². The second-order valence-electron chi connectivity index (χ2n) is 5.52. The van der Waals surface area contributed by atoms with Crippen molar-refractivity contribution in [2.24, 2.45) is 0 Å². The summed E-state index contributed by atoms with van der Waals surface area (Å²) in [5.41, 5.74) is -0.241. The maximum absolute atomic E-state index is 13.5. The molecule has 1 aromatic heterocycles. The number of nitrogens with one attached hydrogen (secondary N) is 3. The van der Waals surface area contributed by atoms with Gasteiger partial charge in [-0.25, -0.2) is 17.5 Å². The highest BCUT2D eigenvalue weighted by molar-refractivity contribution is 7.89. The second-order valence-corrected chi connectivity index (χ2v) is 7.29. The molecule has 0 aliphatic carbocycles. The third-order valence-electron chi connectivity index (χ3n) is 3.71. The van der Waals surface area contributed by atoms with Crippen molar-refractivity contribution < 1.29 is 12.8 Å². The molecule has 0 radical (unpaired) electrons. The molecule has 1 heterocycles. The van der Waals surface area contributed by atoms with E-state index in [1.807, 2.05) is 0 Å². The number of aryl methyl sites for hydroxylation is 1. The Balaban J connectivity index is 1.90. The van der Waals surface area contributed by atoms with Gasteiger partial charge in [0.25, 0.3) is 0 Å². The number of aromatic nitrogens is 2. The molecule has 0 fully saturated rings. The normalized spacial score (nSPS) is 11.8. The highest BCUT2D eigenvalue weighted by Crippen LogP contribution is 2.15. The molecule has 7 nitrogen and oxygen atoms in total. The first-order chi connectivity index (χ1) is 11.8. The molecule has 0 aliphatic heterocycles. The Morgan fingerprint density at radius 3 is 2.36 bits per heavy atom. The summed E-state index contributed by atoms with van der Waals surface area (Å²) in [5, 5.41) is 0. The Morgan fingerprint density at radius 2 is 1.68 bits per heavy atom. The number of hydrogen-bond donors (Lipinski definition) is 3. The molecule has 3 rings (SSSR count). The average Bonchev–Trinajstić information content (AvgIpc) is 2.56. The van der Waals surface area contributed by atoms with Gasteiger partial charge in [-0.15, -0.1) is 0 Å². The first kappa shape index (κ1) is 17.1. The fourth-order valence-corrected chi connectivity index (χ4v) is 3.31. The maximum Gasteiger partial charge on any atom is 0.314 e. The number of halogens is 1. The van der Waals surface area contributed by atoms with Crippen LogP contribution in [0.4, 0.5) is 4.39 Å². The SMILES string of the molecule is Cc1ccc(CNS(=O)(=O)c2ccc3[nH]c(=O)c(=O)[nH]c3c2)cc1F. The number of sulfonamides is 1. The van der Waals surface area contributed by atoms with Crippen molar-refractivity contribution in [3.8, 4) is 0 Å². The first-order valence-corrected chi connectivity index (χ1v) is 8.76. The molecule has 0 amide bonds. The van der Waals surface area contributed by atoms with Crippen LogP contribution in [0.1, 0.15) is 11.1 Å². The smallest absolute Gasteiger partial charge is 0.314 e. The molecule has 130 valence electrons. The lowest BCUT2D eigenvalue weighted by Gasteiger charge is -2.08. The van der Waals surface area contributed by atoms with Crippen LogP contribution in [-0.4, -0.2) is 18.4 Å². The summed E-state index contributed by atoms with van der Waals surface area (Å²) in [6.07, 6.45) is 0. The number of fused-ring (bicyclic) bond motifs is 1. The van der Waals surface area contributed by atoms with Crippen LogP contribution in [0.5, 0.6) is 0 Å². The zero-order chi connectivity index (χ0) is 18.2. The Morgan fingerprint density at radius 1 is 1.00 bits per heavy atom. The molecule has 0 spiro atoms. The van der Waals surface area contributed by atoms with Crippen LogP contribution >= 0.6 is 0 Å². The van der Waals surface area contributed by atoms with E-state index in [0.717, 1.165) is 0 Å². The van der Waals surface area contributed by atoms with Crippen molar-refractivity contribution in [3.05, 3.63) is 74.0 Å². The van der Waals surface area contributed by atoms with Gasteiger partial charge in [-0.2, -0.15) is 0 Å². The third kappa shape index (κ3) is 3.52. The Hall–Kier alpha value is -2.78. The van der Waals surface area contributed by atoms with Crippen molar-refractivity contribution in [2.45, 2.75) is 18.4 Å². The number of aromatic amines is 2. The van der Waals surface area contributed by atoms with Gasteiger partial charge in [0.1, 0.15) is 5.82 Å². The standard InChI is InChI=1S/C16H14FN3O4S/c1-9-2-3-10(6-12(9)17)8-18-25(23,24)11-4-5-13-14(7-11)20-16(22)15(21)19-13/h2-7,18H,8H2,1H3,(H,19,21)(H,20,22). The first-order valence-electron chi connectivity index (χ1n) is 7.27. The fraction of sp³-hybridized carbons (Fsp3) is 0.125. The molecular weight excluding hydrogens is 349 g/mol. The van der Waals surface area contributed by atoms with Crippen molar-refractivity contribution in [1.29, 1.82) is 0 Å². The van der Waals surface area contributed by atoms with Crippen molar-refractivity contribution in [1.82, 2.24) is 14.7 Å². The minimum Gasteiger partial charge on any atom is -0.316 e. The van der Waals surface area contributed by atoms with Gasteiger partial charge >= 0.3 is 11.1 Å². The minimum absolute atomic E-state index is 0.0836. The summed E-state index contributed by atoms with van der Waals surface area (Å²) in [7, 11) is -3.88. The topological polar surface area (TPSA) is 112 Å². The molecule has 0 saturated carbocycles. The van der Waals surface area contributed by atoms with Crippen molar-refractivity contribution >= 4 is 21.1 Å². The second kappa shape index (κ2) is 6.26. The molecule has 3 N–H and O–H groups in total. The zero-order valence-electron chi connectivity index (χ0n) is 13.1. The highest BCUT2D eigenvalue weighted by Gasteiger charge is 2.15. The molecule has 0 bridgehead atoms. The maximum atomic E-state index is 13.5. The Labute approximate surface area is 141 Å². The summed E-state index contributed by atoms with van der Waals surface area (Å²) in [5.74, 6) is -0.413. The van der Waals surface area contributed by atoms with Gasteiger partial charge in [0.2, 0.25) is 10.0 Å². The van der Waals surface area contributed by atoms with Gasteiger partial charge in [0.05, 0.1) is 15.9 Å². The molecule has 0 saturated heterocycles. The average molecular weight is 363 g/mol. The van der Waals surface area contributed by atoms with E-state index in [4.69, 9.17) is 0 Å². The van der Waals surface area contributed by atoms with Crippen LogP contribution in [-0.2, 0) is 16.6 Å². The van der Waals surface area contributed by atoms with Crippen LogP contribution in [0, 0.1) is 12.7 Å². The van der Waals surface area contributed by atoms with Crippen molar-refractivity contribution in [3.63, 3.8) is 0 Å². The van der Waals surface area contributed by atoms with E-state index in [-0.39, 0.29) is 17.0 Å². The number of rotatable bonds is 4. The van der Waals surface area contributed by atoms with E-state index in [9.17, 15) is 22.4 Å². The molecule has 0 atom stereocenters. The lowest BCUT2D eigenvalue weighted by atomic mass is 10.1. The minimum atomic E-state index is -3.88. The highest BCUT2D eigenvalue weighted by atomic mass is 32.2. The van der Waals surface area contributed by atoms with E-state index < -0.39 is 27.0 Å². The lowest BCUT2D eigenvalue weighted by molar-refractivity contribution is 0.580. The molecular formula is C16H14FN3O4S. The van der Waals surface area contributed by atoms with Gasteiger partial charge in [-0.05, 0) is 42.3 Å². The zero-order valence-corrected chi connectivity index (χ0v) is 13.9. The van der Waals surface area contributed by atoms with E-state index in [1.165, 1.54) is 24.3 Å². The van der Waals surface area contributed by atoms with Crippen molar-refractivity contribution in [2.75, 3.05) is 0 Å². The molecule has 3 aromatic rings. The fourth-order valence-electron chi connectivity index (χ4n) is 2.27. The number of H-pyrrole nitrogens is 2. The Kier molecular flexibility index (Phi) is 4.27. The summed E-state index contributed by atoms with van der Waals surface area (Å²) in [4.78, 5) is 27.2. The van der Waals surface area contributed by atoms with Gasteiger partial charge in [0.15, 0.2) is 0 Å². The van der Waals surface area contributed by atoms with Gasteiger partial charge in [0, 0.05) is 6.54 Å². The molecule has 2 aromatic carbocycles. The molecule has 0 aliphatic rings. The van der Waals surface area contributed by atoms with Crippen LogP contribution in [0.15, 0.2) is 50.9 Å². The Bertz CT molecular complexity index is 1180. The third-order valence-corrected chi connectivity index (χ3v) is 5.11. The monoisotopic (exact) mass is 363 g/mol. The van der Waals surface area contributed by atoms with E-state index in [0.29, 0.717) is 16.6 Å². The summed E-state index contributed by atoms with van der Waals surface area (Å²) >= 11 is 0. The molecule has 25 heavy (non-hydrogen) atoms.